The van der Waals surface area contributed by atoms with E-state index in [1.54, 1.807) is 0 Å². The molecule has 0 amide bonds. The van der Waals surface area contributed by atoms with E-state index in [4.69, 9.17) is 0 Å². The highest BCUT2D eigenvalue weighted by atomic mass is 32.1. The van der Waals surface area contributed by atoms with E-state index in [9.17, 15) is 0 Å². The van der Waals surface area contributed by atoms with Gasteiger partial charge in [-0.2, -0.15) is 0 Å². The highest BCUT2D eigenvalue weighted by molar-refractivity contribution is 7.26. The Kier molecular flexibility index (Phi) is 10.3. The third kappa shape index (κ3) is 6.68. The van der Waals surface area contributed by atoms with Crippen LogP contribution in [0.2, 0.25) is 0 Å². The number of anilines is 6. The van der Waals surface area contributed by atoms with Crippen molar-refractivity contribution in [2.45, 2.75) is 41.5 Å². The molecule has 0 aliphatic rings. The highest BCUT2D eigenvalue weighted by Crippen LogP contribution is 2.53. The van der Waals surface area contributed by atoms with Crippen molar-refractivity contribution in [2.24, 2.45) is 0 Å². The van der Waals surface area contributed by atoms with Gasteiger partial charge in [-0.3, -0.25) is 0 Å². The summed E-state index contributed by atoms with van der Waals surface area (Å²) in [6.07, 6.45) is 0. The van der Waals surface area contributed by atoms with Gasteiger partial charge in [0.25, 0.3) is 0 Å². The van der Waals surface area contributed by atoms with Gasteiger partial charge in [0.05, 0.1) is 22.7 Å². The summed E-state index contributed by atoms with van der Waals surface area (Å²) in [5.74, 6) is 0. The lowest BCUT2D eigenvalue weighted by molar-refractivity contribution is 1.20. The summed E-state index contributed by atoms with van der Waals surface area (Å²) in [4.78, 5) is 5.10. The minimum atomic E-state index is 1.13. The van der Waals surface area contributed by atoms with Gasteiger partial charge in [-0.05, 0) is 167 Å². The van der Waals surface area contributed by atoms with E-state index in [2.05, 4.69) is 258 Å². The van der Waals surface area contributed by atoms with E-state index in [1.807, 2.05) is 22.7 Å². The Morgan fingerprint density at radius 3 is 1.11 bits per heavy atom. The maximum atomic E-state index is 2.55. The Balaban J connectivity index is 0.998. The van der Waals surface area contributed by atoms with Crippen LogP contribution in [0.25, 0.3) is 94.9 Å². The third-order valence-corrected chi connectivity index (χ3v) is 18.5. The van der Waals surface area contributed by atoms with Crippen LogP contribution >= 0.6 is 22.7 Å². The number of nitrogens with zero attached hydrogens (tertiary/aromatic N) is 2. The van der Waals surface area contributed by atoms with Gasteiger partial charge in [0, 0.05) is 62.5 Å². The molecular formula is C70H52N2S2. The van der Waals surface area contributed by atoms with Crippen molar-refractivity contribution >= 4 is 129 Å². The standard InChI is InChI=1S/C70H52N2S2/c1-41-39-59(55-27-17-25-53-51-23-13-15-29-63(51)73-69(53)55)45(5)67(43(41)3)71(49-19-9-7-10-20-49)61-37-33-47-32-36-58-62(38-34-48-31-35-57(61)65(47)66(48)58)72(50-21-11-8-12-22-50)68-44(4)42(2)40-60(46(68)6)56-28-18-26-54-52-24-14-16-30-64(52)74-70(54)56/h7-40H,1-6H3. The Morgan fingerprint density at radius 2 is 0.676 bits per heavy atom. The maximum Gasteiger partial charge on any atom is 0.0540 e. The number of benzene rings is 12. The monoisotopic (exact) mass is 984 g/mol. The van der Waals surface area contributed by atoms with Crippen molar-refractivity contribution in [3.63, 3.8) is 0 Å². The van der Waals surface area contributed by atoms with E-state index in [0.29, 0.717) is 0 Å². The van der Waals surface area contributed by atoms with Gasteiger partial charge in [0.15, 0.2) is 0 Å². The Bertz CT molecular complexity index is 4270. The van der Waals surface area contributed by atoms with Crippen molar-refractivity contribution in [3.05, 3.63) is 240 Å². The second kappa shape index (κ2) is 17.2. The molecular weight excluding hydrogens is 933 g/mol. The fraction of sp³-hybridized carbons (Fsp3) is 0.0857. The SMILES string of the molecule is Cc1cc(-c2cccc3c2sc2ccccc23)c(C)c(N(c2ccccc2)c2ccc3ccc4c(N(c5ccccc5)c5c(C)c(C)cc(-c6cccc7c6sc6ccccc67)c5C)ccc5ccc2c3c54)c1C. The molecule has 2 aromatic heterocycles. The van der Waals surface area contributed by atoms with Crippen LogP contribution in [0.15, 0.2) is 206 Å². The average molecular weight is 985 g/mol. The minimum absolute atomic E-state index is 1.13. The first kappa shape index (κ1) is 44.4. The number of rotatable bonds is 8. The van der Waals surface area contributed by atoms with E-state index >= 15 is 0 Å². The summed E-state index contributed by atoms with van der Waals surface area (Å²) in [6.45, 7) is 13.9. The third-order valence-electron chi connectivity index (χ3n) is 16.1. The first-order chi connectivity index (χ1) is 36.2. The molecule has 4 heteroatoms. The summed E-state index contributed by atoms with van der Waals surface area (Å²) in [7, 11) is 0. The van der Waals surface area contributed by atoms with Gasteiger partial charge >= 0.3 is 0 Å². The molecule has 14 rings (SSSR count). The quantitative estimate of drug-likeness (QED) is 0.140. The Morgan fingerprint density at radius 1 is 0.297 bits per heavy atom. The summed E-state index contributed by atoms with van der Waals surface area (Å²) < 4.78 is 5.31. The second-order valence-electron chi connectivity index (χ2n) is 20.2. The van der Waals surface area contributed by atoms with Crippen LogP contribution < -0.4 is 9.80 Å². The second-order valence-corrected chi connectivity index (χ2v) is 22.3. The molecule has 74 heavy (non-hydrogen) atoms. The fourth-order valence-corrected chi connectivity index (χ4v) is 14.8. The lowest BCUT2D eigenvalue weighted by atomic mass is 9.89. The molecule has 0 spiro atoms. The van der Waals surface area contributed by atoms with Crippen LogP contribution in [0.3, 0.4) is 0 Å². The minimum Gasteiger partial charge on any atom is -0.309 e. The van der Waals surface area contributed by atoms with E-state index < -0.39 is 0 Å². The summed E-state index contributed by atoms with van der Waals surface area (Å²) in [5, 5.41) is 12.7. The maximum absolute atomic E-state index is 2.55. The summed E-state index contributed by atoms with van der Waals surface area (Å²) in [6, 6.07) is 77.1. The van der Waals surface area contributed by atoms with Crippen LogP contribution in [0.4, 0.5) is 34.1 Å². The van der Waals surface area contributed by atoms with Crippen LogP contribution in [-0.4, -0.2) is 0 Å². The molecule has 0 aliphatic heterocycles. The van der Waals surface area contributed by atoms with Crippen LogP contribution in [0, 0.1) is 41.5 Å². The lowest BCUT2D eigenvalue weighted by Crippen LogP contribution is -2.15. The van der Waals surface area contributed by atoms with E-state index in [-0.39, 0.29) is 0 Å². The van der Waals surface area contributed by atoms with Crippen molar-refractivity contribution in [1.29, 1.82) is 0 Å². The molecule has 14 aromatic rings. The Hall–Kier alpha value is -8.28. The topological polar surface area (TPSA) is 6.48 Å². The molecule has 0 N–H and O–H groups in total. The van der Waals surface area contributed by atoms with Crippen molar-refractivity contribution in [1.82, 2.24) is 0 Å². The molecule has 0 bridgehead atoms. The molecule has 0 fully saturated rings. The predicted molar refractivity (Wildman–Crippen MR) is 325 cm³/mol. The van der Waals surface area contributed by atoms with E-state index in [1.165, 1.54) is 140 Å². The first-order valence-corrected chi connectivity index (χ1v) is 27.3. The average Bonchev–Trinajstić information content (AvgIpc) is 4.08. The number of hydrogen-bond donors (Lipinski definition) is 0. The molecule has 0 saturated carbocycles. The summed E-state index contributed by atoms with van der Waals surface area (Å²) >= 11 is 3.80. The molecule has 2 nitrogen and oxygen atoms in total. The number of hydrogen-bond acceptors (Lipinski definition) is 4. The number of aryl methyl sites for hydroxylation is 2. The van der Waals surface area contributed by atoms with Crippen LogP contribution in [0.5, 0.6) is 0 Å². The molecule has 354 valence electrons. The predicted octanol–water partition coefficient (Wildman–Crippen LogP) is 21.4. The van der Waals surface area contributed by atoms with Crippen LogP contribution in [0.1, 0.15) is 33.4 Å². The van der Waals surface area contributed by atoms with Crippen molar-refractivity contribution in [3.8, 4) is 22.3 Å². The van der Waals surface area contributed by atoms with Gasteiger partial charge in [-0.25, -0.2) is 0 Å². The smallest absolute Gasteiger partial charge is 0.0540 e. The molecule has 0 saturated heterocycles. The van der Waals surface area contributed by atoms with Gasteiger partial charge in [-0.1, -0.05) is 158 Å². The highest BCUT2D eigenvalue weighted by Gasteiger charge is 2.28. The normalized spacial score (nSPS) is 11.9. The number of thiophene rings is 2. The molecule has 0 atom stereocenters. The van der Waals surface area contributed by atoms with Crippen molar-refractivity contribution < 1.29 is 0 Å². The zero-order valence-electron chi connectivity index (χ0n) is 42.3. The first-order valence-electron chi connectivity index (χ1n) is 25.7. The van der Waals surface area contributed by atoms with E-state index in [0.717, 1.165) is 22.7 Å². The lowest BCUT2D eigenvalue weighted by Gasteiger charge is -2.33. The van der Waals surface area contributed by atoms with Crippen LogP contribution in [-0.2, 0) is 0 Å². The zero-order valence-corrected chi connectivity index (χ0v) is 44.0. The zero-order chi connectivity index (χ0) is 49.9. The Labute approximate surface area is 440 Å². The molecule has 0 radical (unpaired) electrons. The largest absolute Gasteiger partial charge is 0.309 e. The van der Waals surface area contributed by atoms with Gasteiger partial charge in [-0.15, -0.1) is 22.7 Å². The number of fused-ring (bicyclic) bond motifs is 6. The fourth-order valence-electron chi connectivity index (χ4n) is 12.3. The summed E-state index contributed by atoms with van der Waals surface area (Å²) in [5.41, 5.74) is 19.8. The molecule has 0 aliphatic carbocycles. The molecule has 2 heterocycles. The molecule has 0 unspecified atom stereocenters. The van der Waals surface area contributed by atoms with Gasteiger partial charge in [0.1, 0.15) is 0 Å². The number of para-hydroxylation sites is 2. The van der Waals surface area contributed by atoms with Gasteiger partial charge in [0.2, 0.25) is 0 Å². The van der Waals surface area contributed by atoms with Gasteiger partial charge < -0.3 is 9.80 Å². The molecule has 12 aromatic carbocycles. The van der Waals surface area contributed by atoms with Crippen molar-refractivity contribution in [2.75, 3.05) is 9.80 Å².